The lowest BCUT2D eigenvalue weighted by Crippen LogP contribution is -2.36. The Balaban J connectivity index is 1.46. The summed E-state index contributed by atoms with van der Waals surface area (Å²) in [5.74, 6) is 0.842. The topological polar surface area (TPSA) is 83.1 Å². The summed E-state index contributed by atoms with van der Waals surface area (Å²) >= 11 is 0. The van der Waals surface area contributed by atoms with Crippen LogP contribution in [0.2, 0.25) is 0 Å². The van der Waals surface area contributed by atoms with Crippen LogP contribution in [0.1, 0.15) is 56.1 Å². The van der Waals surface area contributed by atoms with E-state index >= 15 is 0 Å². The maximum absolute atomic E-state index is 13.9. The van der Waals surface area contributed by atoms with E-state index in [1.807, 2.05) is 80.6 Å². The molecule has 0 fully saturated rings. The average Bonchev–Trinajstić information content (AvgIpc) is 3.02. The molecule has 2 aliphatic rings. The van der Waals surface area contributed by atoms with Crippen molar-refractivity contribution >= 4 is 11.8 Å². The van der Waals surface area contributed by atoms with E-state index in [1.165, 1.54) is 0 Å². The van der Waals surface area contributed by atoms with Crippen LogP contribution in [0.25, 0.3) is 0 Å². The second kappa shape index (κ2) is 13.4. The molecule has 0 bridgehead atoms. The van der Waals surface area contributed by atoms with Gasteiger partial charge in [0.1, 0.15) is 19.0 Å². The van der Waals surface area contributed by atoms with Gasteiger partial charge in [0, 0.05) is 29.3 Å². The van der Waals surface area contributed by atoms with Gasteiger partial charge in [0.05, 0.1) is 19.3 Å². The Morgan fingerprint density at radius 2 is 1.60 bits per heavy atom. The molecule has 1 aliphatic carbocycles. The number of nitrogens with one attached hydrogen (secondary N) is 1. The molecule has 3 aromatic rings. The van der Waals surface area contributed by atoms with Crippen molar-refractivity contribution < 1.29 is 28.5 Å². The zero-order valence-corrected chi connectivity index (χ0v) is 24.4. The number of ether oxygens (including phenoxy) is 4. The number of Topliss-reactive ketones (excluding diaryl/α,β-unsaturated/α-hetero) is 1. The largest absolute Gasteiger partial charge is 0.493 e. The van der Waals surface area contributed by atoms with Crippen LogP contribution in [0, 0.1) is 0 Å². The molecule has 1 aliphatic heterocycles. The fourth-order valence-electron chi connectivity index (χ4n) is 5.69. The molecular formula is C35H37NO6. The summed E-state index contributed by atoms with van der Waals surface area (Å²) in [7, 11) is 1.59. The van der Waals surface area contributed by atoms with Gasteiger partial charge < -0.3 is 24.3 Å². The quantitative estimate of drug-likeness (QED) is 0.210. The Bertz CT molecular complexity index is 1480. The van der Waals surface area contributed by atoms with Crippen LogP contribution in [-0.4, -0.2) is 38.7 Å². The Hall–Kier alpha value is -4.52. The molecule has 7 heteroatoms. The molecule has 42 heavy (non-hydrogen) atoms. The first kappa shape index (κ1) is 29.0. The number of para-hydroxylation sites is 1. The molecule has 0 aromatic heterocycles. The van der Waals surface area contributed by atoms with Crippen LogP contribution >= 0.6 is 0 Å². The summed E-state index contributed by atoms with van der Waals surface area (Å²) in [6, 6.07) is 25.1. The fourth-order valence-corrected chi connectivity index (χ4v) is 5.69. The number of hydrogen-bond acceptors (Lipinski definition) is 7. The lowest BCUT2D eigenvalue weighted by molar-refractivity contribution is -0.140. The lowest BCUT2D eigenvalue weighted by Gasteiger charge is -2.36. The average molecular weight is 568 g/mol. The van der Waals surface area contributed by atoms with E-state index in [4.69, 9.17) is 18.9 Å². The predicted molar refractivity (Wildman–Crippen MR) is 161 cm³/mol. The van der Waals surface area contributed by atoms with E-state index in [9.17, 15) is 9.59 Å². The minimum atomic E-state index is -0.609. The normalized spacial score (nSPS) is 18.2. The zero-order chi connectivity index (χ0) is 29.5. The van der Waals surface area contributed by atoms with Crippen molar-refractivity contribution in [3.8, 4) is 17.2 Å². The van der Waals surface area contributed by atoms with Crippen LogP contribution in [0.3, 0.4) is 0 Å². The van der Waals surface area contributed by atoms with Gasteiger partial charge in [0.25, 0.3) is 0 Å². The Morgan fingerprint density at radius 1 is 0.857 bits per heavy atom. The van der Waals surface area contributed by atoms with Crippen molar-refractivity contribution in [2.45, 2.75) is 44.9 Å². The van der Waals surface area contributed by atoms with E-state index in [0.29, 0.717) is 53.5 Å². The molecular weight excluding hydrogens is 530 g/mol. The van der Waals surface area contributed by atoms with Gasteiger partial charge in [-0.1, -0.05) is 61.5 Å². The van der Waals surface area contributed by atoms with Crippen molar-refractivity contribution in [2.24, 2.45) is 0 Å². The predicted octanol–water partition coefficient (Wildman–Crippen LogP) is 6.47. The van der Waals surface area contributed by atoms with Gasteiger partial charge in [0.15, 0.2) is 17.3 Å². The van der Waals surface area contributed by atoms with E-state index in [0.717, 1.165) is 23.2 Å². The van der Waals surface area contributed by atoms with Crippen LogP contribution in [-0.2, 0) is 14.3 Å². The van der Waals surface area contributed by atoms with Gasteiger partial charge in [-0.15, -0.1) is 0 Å². The molecule has 0 spiro atoms. The van der Waals surface area contributed by atoms with Crippen molar-refractivity contribution in [1.82, 2.24) is 5.32 Å². The van der Waals surface area contributed by atoms with E-state index in [-0.39, 0.29) is 24.9 Å². The monoisotopic (exact) mass is 567 g/mol. The van der Waals surface area contributed by atoms with E-state index < -0.39 is 11.9 Å². The Kier molecular flexibility index (Phi) is 9.27. The van der Waals surface area contributed by atoms with Crippen molar-refractivity contribution in [3.63, 3.8) is 0 Å². The van der Waals surface area contributed by atoms with Gasteiger partial charge in [-0.2, -0.15) is 0 Å². The zero-order valence-electron chi connectivity index (χ0n) is 24.4. The first-order valence-electron chi connectivity index (χ1n) is 14.4. The molecule has 218 valence electrons. The molecule has 2 atom stereocenters. The van der Waals surface area contributed by atoms with Gasteiger partial charge in [-0.05, 0) is 61.1 Å². The number of rotatable bonds is 11. The molecule has 0 radical (unpaired) electrons. The molecule has 5 rings (SSSR count). The molecule has 1 N–H and O–H groups in total. The second-order valence-corrected chi connectivity index (χ2v) is 10.5. The standard InChI is InChI=1S/C35H37NO6/c1-4-17-41-30-16-15-25(22-31(30)39-3)33-32(35(38)42-19-18-40-27-13-9-6-10-14-27)23(2)36-28-20-26(21-29(37)34(28)33)24-11-7-5-8-12-24/h5-16,22,26,33,36H,4,17-21H2,1-3H3/t26-,33-/m1/s1. The summed E-state index contributed by atoms with van der Waals surface area (Å²) < 4.78 is 23.0. The number of carbonyl (C=O) groups excluding carboxylic acids is 2. The first-order chi connectivity index (χ1) is 20.5. The lowest BCUT2D eigenvalue weighted by atomic mass is 9.71. The second-order valence-electron chi connectivity index (χ2n) is 10.5. The molecule has 0 saturated heterocycles. The number of ketones is 1. The highest BCUT2D eigenvalue weighted by Crippen LogP contribution is 2.47. The third-order valence-electron chi connectivity index (χ3n) is 7.63. The third-order valence-corrected chi connectivity index (χ3v) is 7.63. The SMILES string of the molecule is CCCOc1ccc([C@@H]2C(C(=O)OCCOc3ccccc3)=C(C)NC3=C2C(=O)C[C@H](c2ccccc2)C3)cc1OC. The highest BCUT2D eigenvalue weighted by atomic mass is 16.6. The van der Waals surface area contributed by atoms with Gasteiger partial charge >= 0.3 is 5.97 Å². The summed E-state index contributed by atoms with van der Waals surface area (Å²) in [4.78, 5) is 27.6. The smallest absolute Gasteiger partial charge is 0.336 e. The number of carbonyl (C=O) groups is 2. The summed E-state index contributed by atoms with van der Waals surface area (Å²) in [5.41, 5.74) is 4.41. The van der Waals surface area contributed by atoms with Crippen molar-refractivity contribution in [2.75, 3.05) is 26.9 Å². The molecule has 3 aromatic carbocycles. The van der Waals surface area contributed by atoms with Crippen molar-refractivity contribution in [3.05, 3.63) is 113 Å². The Morgan fingerprint density at radius 3 is 2.31 bits per heavy atom. The fraction of sp³-hybridized carbons (Fsp3) is 0.314. The maximum Gasteiger partial charge on any atom is 0.336 e. The first-order valence-corrected chi connectivity index (χ1v) is 14.4. The number of hydrogen-bond donors (Lipinski definition) is 1. The van der Waals surface area contributed by atoms with E-state index in [1.54, 1.807) is 7.11 Å². The number of esters is 1. The maximum atomic E-state index is 13.9. The van der Waals surface area contributed by atoms with Crippen LogP contribution < -0.4 is 19.5 Å². The minimum absolute atomic E-state index is 0.0121. The number of methoxy groups -OCH3 is 1. The Labute approximate surface area is 247 Å². The van der Waals surface area contributed by atoms with Gasteiger partial charge in [-0.3, -0.25) is 4.79 Å². The molecule has 0 amide bonds. The third kappa shape index (κ3) is 6.35. The molecule has 1 heterocycles. The molecule has 0 unspecified atom stereocenters. The number of allylic oxidation sites excluding steroid dienone is 3. The summed E-state index contributed by atoms with van der Waals surface area (Å²) in [6.07, 6.45) is 1.89. The molecule has 7 nitrogen and oxygen atoms in total. The number of dihydropyridines is 1. The van der Waals surface area contributed by atoms with Gasteiger partial charge in [0.2, 0.25) is 0 Å². The van der Waals surface area contributed by atoms with Crippen LogP contribution in [0.4, 0.5) is 0 Å². The van der Waals surface area contributed by atoms with Crippen molar-refractivity contribution in [1.29, 1.82) is 0 Å². The molecule has 0 saturated carbocycles. The number of benzene rings is 3. The summed E-state index contributed by atoms with van der Waals surface area (Å²) in [6.45, 7) is 4.74. The minimum Gasteiger partial charge on any atom is -0.493 e. The summed E-state index contributed by atoms with van der Waals surface area (Å²) in [5, 5.41) is 3.41. The highest BCUT2D eigenvalue weighted by molar-refractivity contribution is 6.04. The van der Waals surface area contributed by atoms with Crippen LogP contribution in [0.5, 0.6) is 17.2 Å². The highest BCUT2D eigenvalue weighted by Gasteiger charge is 2.41. The van der Waals surface area contributed by atoms with Gasteiger partial charge in [-0.25, -0.2) is 4.79 Å². The van der Waals surface area contributed by atoms with E-state index in [2.05, 4.69) is 17.4 Å². The van der Waals surface area contributed by atoms with Crippen LogP contribution in [0.15, 0.2) is 101 Å².